The van der Waals surface area contributed by atoms with Crippen LogP contribution in [0, 0.1) is 0 Å². The van der Waals surface area contributed by atoms with Crippen LogP contribution in [0.25, 0.3) is 0 Å². The van der Waals surface area contributed by atoms with Gasteiger partial charge in [-0.25, -0.2) is 0 Å². The van der Waals surface area contributed by atoms with Gasteiger partial charge in [-0.05, 0) is 30.4 Å². The molecule has 0 saturated carbocycles. The van der Waals surface area contributed by atoms with E-state index in [1.807, 2.05) is 36.4 Å². The zero-order chi connectivity index (χ0) is 16.4. The van der Waals surface area contributed by atoms with Crippen LogP contribution < -0.4 is 0 Å². The van der Waals surface area contributed by atoms with Gasteiger partial charge in [0.15, 0.2) is 5.78 Å². The predicted octanol–water partition coefficient (Wildman–Crippen LogP) is 3.85. The highest BCUT2D eigenvalue weighted by Gasteiger charge is 2.37. The Hall–Kier alpha value is -2.26. The minimum absolute atomic E-state index is 0.0844. The van der Waals surface area contributed by atoms with Crippen molar-refractivity contribution in [2.45, 2.75) is 31.2 Å². The normalized spacial score (nSPS) is 18.8. The molecular formula is C21H21NO2. The molecule has 2 heterocycles. The van der Waals surface area contributed by atoms with Crippen LogP contribution in [0.2, 0.25) is 0 Å². The molecule has 2 aromatic rings. The van der Waals surface area contributed by atoms with Crippen molar-refractivity contribution >= 4 is 11.5 Å². The summed E-state index contributed by atoms with van der Waals surface area (Å²) in [5.41, 5.74) is 4.06. The zero-order valence-corrected chi connectivity index (χ0v) is 13.7. The minimum Gasteiger partial charge on any atom is -0.381 e. The third-order valence-electron chi connectivity index (χ3n) is 5.07. The summed E-state index contributed by atoms with van der Waals surface area (Å²) in [7, 11) is 0. The Balaban J connectivity index is 1.69. The van der Waals surface area contributed by atoms with E-state index < -0.39 is 0 Å². The smallest absolute Gasteiger partial charge is 0.168 e. The lowest BCUT2D eigenvalue weighted by atomic mass is 9.78. The molecule has 1 saturated heterocycles. The summed E-state index contributed by atoms with van der Waals surface area (Å²) >= 11 is 0. The average Bonchev–Trinajstić information content (AvgIpc) is 2.63. The van der Waals surface area contributed by atoms with Crippen LogP contribution in [-0.2, 0) is 11.2 Å². The Morgan fingerprint density at radius 2 is 1.71 bits per heavy atom. The monoisotopic (exact) mass is 319 g/mol. The van der Waals surface area contributed by atoms with E-state index in [0.29, 0.717) is 6.42 Å². The number of aliphatic imine (C=N–C) groups is 1. The van der Waals surface area contributed by atoms with Crippen LogP contribution in [0.3, 0.4) is 0 Å². The zero-order valence-electron chi connectivity index (χ0n) is 13.7. The number of Topliss-reactive ketones (excluding diaryl/α,β-unsaturated/α-hetero) is 1. The number of nitrogens with zero attached hydrogens (tertiary/aromatic N) is 1. The van der Waals surface area contributed by atoms with E-state index in [9.17, 15) is 4.79 Å². The summed E-state index contributed by atoms with van der Waals surface area (Å²) in [5, 5.41) is 0. The number of ketones is 1. The Morgan fingerprint density at radius 3 is 2.50 bits per heavy atom. The number of rotatable bonds is 3. The Bertz CT molecular complexity index is 773. The second kappa shape index (κ2) is 6.33. The molecule has 4 rings (SSSR count). The van der Waals surface area contributed by atoms with E-state index in [2.05, 4.69) is 18.2 Å². The van der Waals surface area contributed by atoms with Crippen molar-refractivity contribution in [2.24, 2.45) is 4.99 Å². The van der Waals surface area contributed by atoms with Crippen molar-refractivity contribution in [3.63, 3.8) is 0 Å². The van der Waals surface area contributed by atoms with Crippen LogP contribution in [0.1, 0.15) is 40.7 Å². The van der Waals surface area contributed by atoms with Crippen LogP contribution in [0.15, 0.2) is 59.6 Å². The molecule has 0 unspecified atom stereocenters. The van der Waals surface area contributed by atoms with Crippen LogP contribution in [-0.4, -0.2) is 30.2 Å². The van der Waals surface area contributed by atoms with Gasteiger partial charge in [0.25, 0.3) is 0 Å². The number of fused-ring (bicyclic) bond motifs is 1. The number of carbonyl (C=O) groups is 1. The van der Waals surface area contributed by atoms with E-state index in [4.69, 9.17) is 9.73 Å². The van der Waals surface area contributed by atoms with Crippen molar-refractivity contribution in [3.8, 4) is 0 Å². The first-order valence-corrected chi connectivity index (χ1v) is 8.59. The molecular weight excluding hydrogens is 298 g/mol. The second-order valence-electron chi connectivity index (χ2n) is 6.70. The molecule has 24 heavy (non-hydrogen) atoms. The Kier molecular flexibility index (Phi) is 4.03. The van der Waals surface area contributed by atoms with E-state index in [1.165, 1.54) is 5.56 Å². The molecule has 0 aliphatic carbocycles. The van der Waals surface area contributed by atoms with Gasteiger partial charge in [0.05, 0.1) is 17.7 Å². The number of hydrogen-bond donors (Lipinski definition) is 0. The fraction of sp³-hybridized carbons (Fsp3) is 0.333. The summed E-state index contributed by atoms with van der Waals surface area (Å²) in [6.45, 7) is 1.51. The largest absolute Gasteiger partial charge is 0.381 e. The lowest BCUT2D eigenvalue weighted by Crippen LogP contribution is -2.40. The van der Waals surface area contributed by atoms with Crippen molar-refractivity contribution in [3.05, 3.63) is 71.3 Å². The first kappa shape index (κ1) is 15.3. The van der Waals surface area contributed by atoms with E-state index in [0.717, 1.165) is 49.3 Å². The first-order valence-electron chi connectivity index (χ1n) is 8.59. The molecule has 1 spiro atoms. The molecule has 3 heteroatoms. The molecule has 0 aromatic heterocycles. The minimum atomic E-state index is -0.0844. The molecule has 0 amide bonds. The summed E-state index contributed by atoms with van der Waals surface area (Å²) in [5.74, 6) is 0.133. The number of carbonyl (C=O) groups excluding carboxylic acids is 1. The van der Waals surface area contributed by atoms with E-state index >= 15 is 0 Å². The maximum absolute atomic E-state index is 12.7. The highest BCUT2D eigenvalue weighted by molar-refractivity contribution is 6.16. The highest BCUT2D eigenvalue weighted by atomic mass is 16.5. The van der Waals surface area contributed by atoms with Crippen LogP contribution >= 0.6 is 0 Å². The molecule has 2 aliphatic heterocycles. The maximum atomic E-state index is 12.7. The van der Waals surface area contributed by atoms with Gasteiger partial charge in [-0.15, -0.1) is 0 Å². The molecule has 0 bridgehead atoms. The molecule has 0 N–H and O–H groups in total. The molecule has 0 atom stereocenters. The number of hydrogen-bond acceptors (Lipinski definition) is 3. The van der Waals surface area contributed by atoms with Gasteiger partial charge in [0.2, 0.25) is 0 Å². The summed E-state index contributed by atoms with van der Waals surface area (Å²) in [6, 6.07) is 17.9. The lowest BCUT2D eigenvalue weighted by molar-refractivity contribution is 0.0536. The quantitative estimate of drug-likeness (QED) is 0.806. The molecule has 2 aromatic carbocycles. The topological polar surface area (TPSA) is 38.7 Å². The fourth-order valence-corrected chi connectivity index (χ4v) is 3.75. The highest BCUT2D eigenvalue weighted by Crippen LogP contribution is 2.35. The van der Waals surface area contributed by atoms with Crippen LogP contribution in [0.5, 0.6) is 0 Å². The predicted molar refractivity (Wildman–Crippen MR) is 94.9 cm³/mol. The summed E-state index contributed by atoms with van der Waals surface area (Å²) in [6.07, 6.45) is 3.19. The summed E-state index contributed by atoms with van der Waals surface area (Å²) < 4.78 is 5.53. The van der Waals surface area contributed by atoms with Gasteiger partial charge in [-0.3, -0.25) is 9.79 Å². The van der Waals surface area contributed by atoms with Crippen molar-refractivity contribution < 1.29 is 9.53 Å². The van der Waals surface area contributed by atoms with Crippen molar-refractivity contribution in [2.75, 3.05) is 13.2 Å². The SMILES string of the molecule is O=C(CC1=NC2(CCOCC2)Cc2ccccc21)c1ccccc1. The van der Waals surface area contributed by atoms with Gasteiger partial charge in [0.1, 0.15) is 0 Å². The van der Waals surface area contributed by atoms with Gasteiger partial charge >= 0.3 is 0 Å². The first-order chi connectivity index (χ1) is 11.8. The lowest BCUT2D eigenvalue weighted by Gasteiger charge is -2.38. The number of ether oxygens (including phenoxy) is 1. The third-order valence-corrected chi connectivity index (χ3v) is 5.07. The van der Waals surface area contributed by atoms with Gasteiger partial charge < -0.3 is 4.74 Å². The Morgan fingerprint density at radius 1 is 1.00 bits per heavy atom. The maximum Gasteiger partial charge on any atom is 0.168 e. The molecule has 122 valence electrons. The van der Waals surface area contributed by atoms with Gasteiger partial charge in [0, 0.05) is 18.8 Å². The van der Waals surface area contributed by atoms with E-state index in [1.54, 1.807) is 0 Å². The number of benzene rings is 2. The van der Waals surface area contributed by atoms with Crippen molar-refractivity contribution in [1.82, 2.24) is 0 Å². The molecule has 3 nitrogen and oxygen atoms in total. The van der Waals surface area contributed by atoms with E-state index in [-0.39, 0.29) is 11.3 Å². The van der Waals surface area contributed by atoms with Crippen LogP contribution in [0.4, 0.5) is 0 Å². The average molecular weight is 319 g/mol. The fourth-order valence-electron chi connectivity index (χ4n) is 3.75. The Labute approximate surface area is 142 Å². The van der Waals surface area contributed by atoms with Gasteiger partial charge in [-0.2, -0.15) is 0 Å². The molecule has 1 fully saturated rings. The molecule has 2 aliphatic rings. The van der Waals surface area contributed by atoms with Gasteiger partial charge in [-0.1, -0.05) is 54.6 Å². The summed E-state index contributed by atoms with van der Waals surface area (Å²) in [4.78, 5) is 17.8. The van der Waals surface area contributed by atoms with Crippen molar-refractivity contribution in [1.29, 1.82) is 0 Å². The standard InChI is InChI=1S/C21H21NO2/c23-20(16-6-2-1-3-7-16)14-19-18-9-5-4-8-17(18)15-21(22-19)10-12-24-13-11-21/h1-9H,10-15H2. The molecule has 0 radical (unpaired) electrons. The third kappa shape index (κ3) is 2.92. The second-order valence-corrected chi connectivity index (χ2v) is 6.70.